The third kappa shape index (κ3) is 2.39. The van der Waals surface area contributed by atoms with Crippen LogP contribution in [-0.2, 0) is 6.54 Å². The van der Waals surface area contributed by atoms with Crippen molar-refractivity contribution in [3.8, 4) is 0 Å². The predicted octanol–water partition coefficient (Wildman–Crippen LogP) is 0.990. The molecule has 5 heteroatoms. The lowest BCUT2D eigenvalue weighted by molar-refractivity contribution is 0.0689. The second-order valence-corrected chi connectivity index (χ2v) is 3.48. The van der Waals surface area contributed by atoms with Gasteiger partial charge in [-0.3, -0.25) is 4.79 Å². The fraction of sp³-hybridized carbons (Fsp3) is 0.0833. The van der Waals surface area contributed by atoms with Crippen molar-refractivity contribution in [1.82, 2.24) is 9.55 Å². The lowest BCUT2D eigenvalue weighted by Gasteiger charge is -2.07. The fourth-order valence-electron chi connectivity index (χ4n) is 1.53. The largest absolute Gasteiger partial charge is 0.477 e. The van der Waals surface area contributed by atoms with Gasteiger partial charge < -0.3 is 9.67 Å². The third-order valence-electron chi connectivity index (χ3n) is 2.33. The highest BCUT2D eigenvalue weighted by atomic mass is 16.4. The molecular formula is C12H10N2O3. The molecule has 0 saturated heterocycles. The SMILES string of the molecule is O=C(O)c1ncccc1Cn1ccccc1=O. The molecule has 17 heavy (non-hydrogen) atoms. The molecule has 0 unspecified atom stereocenters. The zero-order valence-corrected chi connectivity index (χ0v) is 8.91. The first-order valence-corrected chi connectivity index (χ1v) is 5.01. The van der Waals surface area contributed by atoms with Crippen LogP contribution in [0.1, 0.15) is 16.1 Å². The zero-order chi connectivity index (χ0) is 12.3. The van der Waals surface area contributed by atoms with Crippen LogP contribution in [0.3, 0.4) is 0 Å². The molecule has 0 aliphatic heterocycles. The van der Waals surface area contributed by atoms with Gasteiger partial charge in [0.15, 0.2) is 5.69 Å². The lowest BCUT2D eigenvalue weighted by atomic mass is 10.2. The topological polar surface area (TPSA) is 72.2 Å². The number of carboxylic acids is 1. The highest BCUT2D eigenvalue weighted by Crippen LogP contribution is 2.06. The summed E-state index contributed by atoms with van der Waals surface area (Å²) in [5, 5.41) is 8.96. The van der Waals surface area contributed by atoms with Crippen molar-refractivity contribution < 1.29 is 9.90 Å². The van der Waals surface area contributed by atoms with Crippen LogP contribution in [-0.4, -0.2) is 20.6 Å². The number of carbonyl (C=O) groups is 1. The van der Waals surface area contributed by atoms with Gasteiger partial charge in [0.2, 0.25) is 0 Å². The van der Waals surface area contributed by atoms with Gasteiger partial charge in [0.1, 0.15) is 0 Å². The molecule has 0 fully saturated rings. The monoisotopic (exact) mass is 230 g/mol. The fourth-order valence-corrected chi connectivity index (χ4v) is 1.53. The molecule has 0 aliphatic rings. The lowest BCUT2D eigenvalue weighted by Crippen LogP contribution is -2.20. The van der Waals surface area contributed by atoms with Gasteiger partial charge in [-0.1, -0.05) is 12.1 Å². The molecule has 0 atom stereocenters. The third-order valence-corrected chi connectivity index (χ3v) is 2.33. The molecule has 0 aromatic carbocycles. The summed E-state index contributed by atoms with van der Waals surface area (Å²) in [4.78, 5) is 26.2. The summed E-state index contributed by atoms with van der Waals surface area (Å²) in [5.41, 5.74) is 0.309. The smallest absolute Gasteiger partial charge is 0.354 e. The maximum atomic E-state index is 11.5. The van der Waals surface area contributed by atoms with Crippen LogP contribution in [0.5, 0.6) is 0 Å². The molecule has 86 valence electrons. The number of hydrogen-bond donors (Lipinski definition) is 1. The molecule has 0 aliphatic carbocycles. The Morgan fingerprint density at radius 2 is 2.12 bits per heavy atom. The minimum Gasteiger partial charge on any atom is -0.477 e. The average molecular weight is 230 g/mol. The highest BCUT2D eigenvalue weighted by molar-refractivity contribution is 5.86. The summed E-state index contributed by atoms with van der Waals surface area (Å²) in [7, 11) is 0. The van der Waals surface area contributed by atoms with Crippen molar-refractivity contribution in [3.05, 3.63) is 64.3 Å². The molecule has 0 spiro atoms. The van der Waals surface area contributed by atoms with E-state index in [1.165, 1.54) is 16.8 Å². The van der Waals surface area contributed by atoms with E-state index < -0.39 is 5.97 Å². The number of nitrogens with zero attached hydrogens (tertiary/aromatic N) is 2. The Kier molecular flexibility index (Phi) is 3.00. The number of rotatable bonds is 3. The van der Waals surface area contributed by atoms with Crippen molar-refractivity contribution in [2.75, 3.05) is 0 Å². The van der Waals surface area contributed by atoms with E-state index in [0.29, 0.717) is 5.56 Å². The summed E-state index contributed by atoms with van der Waals surface area (Å²) in [5.74, 6) is -1.09. The van der Waals surface area contributed by atoms with Crippen LogP contribution in [0.25, 0.3) is 0 Å². The Balaban J connectivity index is 2.40. The normalized spacial score (nSPS) is 10.1. The van der Waals surface area contributed by atoms with Gasteiger partial charge in [-0.2, -0.15) is 0 Å². The van der Waals surface area contributed by atoms with E-state index in [-0.39, 0.29) is 17.8 Å². The number of pyridine rings is 2. The molecular weight excluding hydrogens is 220 g/mol. The minimum absolute atomic E-state index is 0.0248. The molecule has 5 nitrogen and oxygen atoms in total. The molecule has 0 saturated carbocycles. The van der Waals surface area contributed by atoms with E-state index in [2.05, 4.69) is 4.98 Å². The molecule has 0 amide bonds. The van der Waals surface area contributed by atoms with Crippen molar-refractivity contribution in [3.63, 3.8) is 0 Å². The van der Waals surface area contributed by atoms with Crippen LogP contribution in [0, 0.1) is 0 Å². The Bertz CT molecular complexity index is 604. The van der Waals surface area contributed by atoms with E-state index in [1.54, 1.807) is 30.5 Å². The number of carboxylic acid groups (broad SMARTS) is 1. The molecule has 1 N–H and O–H groups in total. The molecule has 2 rings (SSSR count). The van der Waals surface area contributed by atoms with Crippen LogP contribution in [0.15, 0.2) is 47.5 Å². The predicted molar refractivity (Wildman–Crippen MR) is 61.0 cm³/mol. The van der Waals surface area contributed by atoms with Crippen LogP contribution in [0.4, 0.5) is 0 Å². The first-order chi connectivity index (χ1) is 8.18. The van der Waals surface area contributed by atoms with Crippen LogP contribution in [0.2, 0.25) is 0 Å². The second-order valence-electron chi connectivity index (χ2n) is 3.48. The molecule has 2 aromatic rings. The molecule has 0 bridgehead atoms. The standard InChI is InChI=1S/C12H10N2O3/c15-10-5-1-2-7-14(10)8-9-4-3-6-13-11(9)12(16)17/h1-7H,8H2,(H,16,17). The Hall–Kier alpha value is -2.43. The Labute approximate surface area is 97.0 Å². The number of aromatic carboxylic acids is 1. The molecule has 2 heterocycles. The zero-order valence-electron chi connectivity index (χ0n) is 8.91. The summed E-state index contributed by atoms with van der Waals surface area (Å²) in [6.45, 7) is 0.204. The maximum absolute atomic E-state index is 11.5. The van der Waals surface area contributed by atoms with Gasteiger partial charge in [-0.15, -0.1) is 0 Å². The van der Waals surface area contributed by atoms with Gasteiger partial charge in [0, 0.05) is 24.0 Å². The number of aromatic nitrogens is 2. The number of hydrogen-bond acceptors (Lipinski definition) is 3. The van der Waals surface area contributed by atoms with E-state index in [0.717, 1.165) is 0 Å². The van der Waals surface area contributed by atoms with E-state index in [1.807, 2.05) is 0 Å². The first-order valence-electron chi connectivity index (χ1n) is 5.01. The molecule has 0 radical (unpaired) electrons. The highest BCUT2D eigenvalue weighted by Gasteiger charge is 2.11. The summed E-state index contributed by atoms with van der Waals surface area (Å²) < 4.78 is 1.43. The van der Waals surface area contributed by atoms with E-state index >= 15 is 0 Å². The second kappa shape index (κ2) is 4.61. The summed E-state index contributed by atoms with van der Waals surface area (Å²) >= 11 is 0. The Morgan fingerprint density at radius 1 is 1.29 bits per heavy atom. The maximum Gasteiger partial charge on any atom is 0.354 e. The van der Waals surface area contributed by atoms with Crippen LogP contribution >= 0.6 is 0 Å². The van der Waals surface area contributed by atoms with Gasteiger partial charge in [-0.05, 0) is 12.1 Å². The van der Waals surface area contributed by atoms with Crippen LogP contribution < -0.4 is 5.56 Å². The van der Waals surface area contributed by atoms with E-state index in [9.17, 15) is 9.59 Å². The summed E-state index contributed by atoms with van der Waals surface area (Å²) in [6.07, 6.45) is 3.03. The van der Waals surface area contributed by atoms with Crippen molar-refractivity contribution >= 4 is 5.97 Å². The van der Waals surface area contributed by atoms with Gasteiger partial charge in [0.25, 0.3) is 5.56 Å². The summed E-state index contributed by atoms with van der Waals surface area (Å²) in [6, 6.07) is 8.08. The van der Waals surface area contributed by atoms with Crippen molar-refractivity contribution in [2.24, 2.45) is 0 Å². The quantitative estimate of drug-likeness (QED) is 0.853. The Morgan fingerprint density at radius 3 is 2.82 bits per heavy atom. The van der Waals surface area contributed by atoms with Gasteiger partial charge in [0.05, 0.1) is 6.54 Å². The van der Waals surface area contributed by atoms with Crippen molar-refractivity contribution in [1.29, 1.82) is 0 Å². The van der Waals surface area contributed by atoms with E-state index in [4.69, 9.17) is 5.11 Å². The van der Waals surface area contributed by atoms with Gasteiger partial charge in [-0.25, -0.2) is 9.78 Å². The van der Waals surface area contributed by atoms with Gasteiger partial charge >= 0.3 is 5.97 Å². The van der Waals surface area contributed by atoms with Crippen molar-refractivity contribution in [2.45, 2.75) is 6.54 Å². The average Bonchev–Trinajstić information content (AvgIpc) is 2.32. The molecule has 2 aromatic heterocycles. The first kappa shape index (κ1) is 11.1. The minimum atomic E-state index is -1.09.